The molecule has 2 aromatic rings. The number of ether oxygens (including phenoxy) is 4. The zero-order valence-corrected chi connectivity index (χ0v) is 32.6. The monoisotopic (exact) mass is 761 g/mol. The molecule has 0 aromatic heterocycles. The van der Waals surface area contributed by atoms with Crippen molar-refractivity contribution >= 4 is 17.9 Å². The van der Waals surface area contributed by atoms with Gasteiger partial charge in [-0.1, -0.05) is 67.4 Å². The lowest BCUT2D eigenvalue weighted by atomic mass is 9.55. The van der Waals surface area contributed by atoms with Gasteiger partial charge in [0.1, 0.15) is 24.1 Å². The van der Waals surface area contributed by atoms with Gasteiger partial charge in [-0.15, -0.1) is 6.58 Å². The van der Waals surface area contributed by atoms with Gasteiger partial charge in [-0.05, 0) is 87.1 Å². The average Bonchev–Trinajstić information content (AvgIpc) is 3.18. The van der Waals surface area contributed by atoms with E-state index in [0.29, 0.717) is 49.6 Å². The number of nitrogens with zero attached hydrogens (tertiary/aromatic N) is 2. The maximum absolute atomic E-state index is 13.9. The highest BCUT2D eigenvalue weighted by Crippen LogP contribution is 2.62. The van der Waals surface area contributed by atoms with E-state index in [9.17, 15) is 19.8 Å². The summed E-state index contributed by atoms with van der Waals surface area (Å²) in [7, 11) is 0. The summed E-state index contributed by atoms with van der Waals surface area (Å²) in [5.74, 6) is -1.10. The van der Waals surface area contributed by atoms with Crippen molar-refractivity contribution in [2.45, 2.75) is 96.5 Å². The van der Waals surface area contributed by atoms with Crippen LogP contribution >= 0.6 is 0 Å². The van der Waals surface area contributed by atoms with E-state index in [1.807, 2.05) is 56.3 Å². The number of rotatable bonds is 20. The van der Waals surface area contributed by atoms with E-state index in [2.05, 4.69) is 18.0 Å². The van der Waals surface area contributed by atoms with E-state index in [0.717, 1.165) is 42.4 Å². The summed E-state index contributed by atoms with van der Waals surface area (Å²) in [6.45, 7) is 11.2. The molecule has 0 bridgehead atoms. The van der Waals surface area contributed by atoms with Crippen molar-refractivity contribution in [1.82, 2.24) is 10.2 Å². The predicted octanol–water partition coefficient (Wildman–Crippen LogP) is 7.50. The second-order valence-electron chi connectivity index (χ2n) is 14.3. The molecule has 300 valence electrons. The number of aliphatic hydroxyl groups excluding tert-OH is 2. The number of carbonyl (C=O) groups excluding carboxylic acids is 2. The van der Waals surface area contributed by atoms with Crippen molar-refractivity contribution in [2.75, 3.05) is 39.5 Å². The summed E-state index contributed by atoms with van der Waals surface area (Å²) < 4.78 is 25.6. The Bertz CT molecular complexity index is 1630. The van der Waals surface area contributed by atoms with Crippen LogP contribution in [0.5, 0.6) is 11.5 Å². The first-order valence-electron chi connectivity index (χ1n) is 20.0. The van der Waals surface area contributed by atoms with Crippen LogP contribution in [0.25, 0.3) is 0 Å². The first-order chi connectivity index (χ1) is 26.8. The third kappa shape index (κ3) is 9.71. The van der Waals surface area contributed by atoms with Gasteiger partial charge in [-0.2, -0.15) is 0 Å². The van der Waals surface area contributed by atoms with Crippen LogP contribution in [0, 0.1) is 17.8 Å². The summed E-state index contributed by atoms with van der Waals surface area (Å²) in [4.78, 5) is 34.4. The Morgan fingerprint density at radius 2 is 1.82 bits per heavy atom. The van der Waals surface area contributed by atoms with Crippen LogP contribution in [0.1, 0.15) is 89.2 Å². The molecule has 5 rings (SSSR count). The van der Waals surface area contributed by atoms with Crippen LogP contribution in [0.15, 0.2) is 78.0 Å². The van der Waals surface area contributed by atoms with Crippen LogP contribution in [-0.4, -0.2) is 84.4 Å². The van der Waals surface area contributed by atoms with Gasteiger partial charge >= 0.3 is 12.2 Å². The van der Waals surface area contributed by atoms with Gasteiger partial charge in [0, 0.05) is 44.2 Å². The number of fused-ring (bicyclic) bond motifs is 2. The molecule has 6 unspecified atom stereocenters. The van der Waals surface area contributed by atoms with Gasteiger partial charge in [-0.3, -0.25) is 4.90 Å². The number of oxime groups is 1. The van der Waals surface area contributed by atoms with Gasteiger partial charge in [0.2, 0.25) is 5.79 Å². The van der Waals surface area contributed by atoms with Crippen molar-refractivity contribution in [3.05, 3.63) is 84.0 Å². The number of nitrogens with one attached hydrogen (secondary N) is 1. The highest BCUT2D eigenvalue weighted by Gasteiger charge is 2.65. The average molecular weight is 762 g/mol. The Hall–Kier alpha value is -4.39. The molecule has 0 spiro atoms. The summed E-state index contributed by atoms with van der Waals surface area (Å²) in [6, 6.07) is 14.6. The van der Waals surface area contributed by atoms with Gasteiger partial charge in [-0.25, -0.2) is 9.59 Å². The molecule has 55 heavy (non-hydrogen) atoms. The van der Waals surface area contributed by atoms with Crippen LogP contribution in [0.3, 0.4) is 0 Å². The Labute approximate surface area is 325 Å². The lowest BCUT2D eigenvalue weighted by Crippen LogP contribution is -2.70. The SMILES string of the molecule is C=CCOC12Oc3ccc(OC(=O)NCC)cc3C3C(CCCCO)C(CCCCO)C=C(C(=NOCc4ccccc4)CC1N(CCC)C(=O)OCC)C32. The fourth-order valence-corrected chi connectivity index (χ4v) is 8.58. The molecular formula is C43H59N3O9. The summed E-state index contributed by atoms with van der Waals surface area (Å²) in [6.07, 6.45) is 8.40. The Kier molecular flexibility index (Phi) is 15.6. The standard InChI is InChI=1S/C43H59N3O9/c1-5-22-46(42(50)51-8-4)38-28-36(45-53-29-30-16-10-9-11-17-30)34-26-31(18-12-14-23-47)33(19-13-15-24-48)39-35-27-32(54-41(49)44-7-3)20-21-37(35)55-43(38,40(34)39)52-25-6-2/h6,9-11,16-17,20-21,26-27,31,33,38-40,47-48H,2,5,7-8,12-15,18-19,22-25,28-29H2,1,3-4H3,(H,44,49). The quantitative estimate of drug-likeness (QED) is 0.0709. The highest BCUT2D eigenvalue weighted by molar-refractivity contribution is 6.03. The van der Waals surface area contributed by atoms with E-state index >= 15 is 0 Å². The zero-order chi connectivity index (χ0) is 39.2. The molecule has 2 amide bonds. The Morgan fingerprint density at radius 3 is 2.51 bits per heavy atom. The fraction of sp³-hybridized carbons (Fsp3) is 0.558. The Balaban J connectivity index is 1.76. The lowest BCUT2D eigenvalue weighted by molar-refractivity contribution is -0.255. The third-order valence-electron chi connectivity index (χ3n) is 10.8. The minimum Gasteiger partial charge on any atom is -0.459 e. The van der Waals surface area contributed by atoms with Crippen LogP contribution in [0.4, 0.5) is 9.59 Å². The summed E-state index contributed by atoms with van der Waals surface area (Å²) in [5, 5.41) is 27.2. The minimum atomic E-state index is -1.40. The number of carbonyl (C=O) groups is 2. The van der Waals surface area contributed by atoms with E-state index < -0.39 is 29.9 Å². The number of unbranched alkanes of at least 4 members (excludes halogenated alkanes) is 2. The number of aliphatic hydroxyl groups is 2. The molecule has 12 heteroatoms. The molecule has 1 saturated carbocycles. The molecule has 6 atom stereocenters. The van der Waals surface area contributed by atoms with Gasteiger partial charge in [0.25, 0.3) is 0 Å². The second kappa shape index (κ2) is 20.5. The summed E-state index contributed by atoms with van der Waals surface area (Å²) >= 11 is 0. The first-order valence-corrected chi connectivity index (χ1v) is 20.0. The van der Waals surface area contributed by atoms with Crippen molar-refractivity contribution in [3.63, 3.8) is 0 Å². The molecule has 0 radical (unpaired) electrons. The number of allylic oxidation sites excluding steroid dienone is 1. The first kappa shape index (κ1) is 41.8. The predicted molar refractivity (Wildman–Crippen MR) is 210 cm³/mol. The molecule has 3 N–H and O–H groups in total. The molecule has 2 aliphatic carbocycles. The maximum atomic E-state index is 13.9. The number of amides is 2. The minimum absolute atomic E-state index is 0.0283. The lowest BCUT2D eigenvalue weighted by Gasteiger charge is -2.59. The summed E-state index contributed by atoms with van der Waals surface area (Å²) in [5.41, 5.74) is 3.45. The number of hydrogen-bond acceptors (Lipinski definition) is 10. The topological polar surface area (TPSA) is 148 Å². The zero-order valence-electron chi connectivity index (χ0n) is 32.6. The second-order valence-corrected chi connectivity index (χ2v) is 14.3. The number of benzene rings is 2. The molecule has 12 nitrogen and oxygen atoms in total. The van der Waals surface area contributed by atoms with Crippen LogP contribution in [0.2, 0.25) is 0 Å². The molecule has 0 saturated heterocycles. The van der Waals surface area contributed by atoms with E-state index in [1.165, 1.54) is 0 Å². The molecule has 2 aromatic carbocycles. The van der Waals surface area contributed by atoms with E-state index in [1.54, 1.807) is 24.0 Å². The van der Waals surface area contributed by atoms with Crippen molar-refractivity contribution < 1.29 is 43.6 Å². The molecular weight excluding hydrogens is 702 g/mol. The Morgan fingerprint density at radius 1 is 1.05 bits per heavy atom. The molecule has 1 heterocycles. The smallest absolute Gasteiger partial charge is 0.412 e. The van der Waals surface area contributed by atoms with E-state index in [4.69, 9.17) is 28.9 Å². The normalized spacial score (nSPS) is 24.4. The van der Waals surface area contributed by atoms with Crippen molar-refractivity contribution in [2.24, 2.45) is 22.9 Å². The number of hydrogen-bond donors (Lipinski definition) is 3. The van der Waals surface area contributed by atoms with E-state index in [-0.39, 0.29) is 57.2 Å². The fourth-order valence-electron chi connectivity index (χ4n) is 8.58. The molecule has 3 aliphatic rings. The third-order valence-corrected chi connectivity index (χ3v) is 10.8. The van der Waals surface area contributed by atoms with Crippen molar-refractivity contribution in [3.8, 4) is 11.5 Å². The maximum Gasteiger partial charge on any atom is 0.412 e. The van der Waals surface area contributed by atoms with Crippen molar-refractivity contribution in [1.29, 1.82) is 0 Å². The van der Waals surface area contributed by atoms with Gasteiger partial charge < -0.3 is 39.3 Å². The highest BCUT2D eigenvalue weighted by atomic mass is 16.7. The molecule has 1 fully saturated rings. The molecule has 1 aliphatic heterocycles. The largest absolute Gasteiger partial charge is 0.459 e. The van der Waals surface area contributed by atoms with Gasteiger partial charge in [0.05, 0.1) is 24.8 Å². The van der Waals surface area contributed by atoms with Crippen LogP contribution in [-0.2, 0) is 20.9 Å². The van der Waals surface area contributed by atoms with Crippen LogP contribution < -0.4 is 14.8 Å². The van der Waals surface area contributed by atoms with Gasteiger partial charge in [0.15, 0.2) is 0 Å².